The second-order valence-corrected chi connectivity index (χ2v) is 9.70. The Labute approximate surface area is 187 Å². The Morgan fingerprint density at radius 3 is 2.71 bits per heavy atom. The summed E-state index contributed by atoms with van der Waals surface area (Å²) < 4.78 is 0. The first-order valence-electron chi connectivity index (χ1n) is 12.4. The van der Waals surface area contributed by atoms with Crippen LogP contribution < -0.4 is 0 Å². The van der Waals surface area contributed by atoms with Gasteiger partial charge in [-0.15, -0.1) is 0 Å². The molecular weight excluding hydrogens is 388 g/mol. The number of piperidine rings is 2. The summed E-state index contributed by atoms with van der Waals surface area (Å²) in [7, 11) is 0. The molecule has 0 bridgehead atoms. The second kappa shape index (κ2) is 11.1. The SMILES string of the molecule is O=C1CCCCN1CC(=O)N(Cc1cccnc1)C[C@H]1CCCN(C2CCCCC2)C1. The van der Waals surface area contributed by atoms with E-state index in [0.29, 0.717) is 25.4 Å². The van der Waals surface area contributed by atoms with Crippen LogP contribution in [0.2, 0.25) is 0 Å². The van der Waals surface area contributed by atoms with Crippen LogP contribution in [0.15, 0.2) is 24.5 Å². The van der Waals surface area contributed by atoms with Crippen LogP contribution in [0.4, 0.5) is 0 Å². The highest BCUT2D eigenvalue weighted by atomic mass is 16.2. The molecule has 0 unspecified atom stereocenters. The molecule has 1 aromatic heterocycles. The maximum Gasteiger partial charge on any atom is 0.242 e. The van der Waals surface area contributed by atoms with Crippen LogP contribution in [0.1, 0.15) is 69.8 Å². The number of nitrogens with zero attached hydrogens (tertiary/aromatic N) is 4. The average molecular weight is 427 g/mol. The summed E-state index contributed by atoms with van der Waals surface area (Å²) in [6, 6.07) is 4.71. The van der Waals surface area contributed by atoms with Crippen LogP contribution in [0.3, 0.4) is 0 Å². The summed E-state index contributed by atoms with van der Waals surface area (Å²) in [4.78, 5) is 36.3. The second-order valence-electron chi connectivity index (χ2n) is 9.70. The van der Waals surface area contributed by atoms with Crippen molar-refractivity contribution in [1.82, 2.24) is 19.7 Å². The lowest BCUT2D eigenvalue weighted by Gasteiger charge is -2.41. The summed E-state index contributed by atoms with van der Waals surface area (Å²) in [6.45, 7) is 4.60. The quantitative estimate of drug-likeness (QED) is 0.670. The molecule has 170 valence electrons. The number of likely N-dealkylation sites (tertiary alicyclic amines) is 2. The highest BCUT2D eigenvalue weighted by Crippen LogP contribution is 2.28. The van der Waals surface area contributed by atoms with Crippen molar-refractivity contribution in [3.8, 4) is 0 Å². The third-order valence-electron chi connectivity index (χ3n) is 7.32. The molecular formula is C25H38N4O2. The van der Waals surface area contributed by atoms with E-state index < -0.39 is 0 Å². The van der Waals surface area contributed by atoms with E-state index in [0.717, 1.165) is 37.5 Å². The van der Waals surface area contributed by atoms with E-state index in [-0.39, 0.29) is 18.4 Å². The van der Waals surface area contributed by atoms with Gasteiger partial charge in [-0.25, -0.2) is 0 Å². The van der Waals surface area contributed by atoms with Crippen molar-refractivity contribution in [2.45, 2.75) is 76.8 Å². The van der Waals surface area contributed by atoms with Crippen LogP contribution in [0.25, 0.3) is 0 Å². The summed E-state index contributed by atoms with van der Waals surface area (Å²) >= 11 is 0. The number of hydrogen-bond acceptors (Lipinski definition) is 4. The van der Waals surface area contributed by atoms with Gasteiger partial charge in [-0.05, 0) is 62.6 Å². The number of hydrogen-bond donors (Lipinski definition) is 0. The van der Waals surface area contributed by atoms with Crippen molar-refractivity contribution in [3.05, 3.63) is 30.1 Å². The van der Waals surface area contributed by atoms with Crippen molar-refractivity contribution in [1.29, 1.82) is 0 Å². The van der Waals surface area contributed by atoms with E-state index in [4.69, 9.17) is 0 Å². The first-order chi connectivity index (χ1) is 15.2. The largest absolute Gasteiger partial charge is 0.336 e. The fourth-order valence-electron chi connectivity index (χ4n) is 5.59. The van der Waals surface area contributed by atoms with Gasteiger partial charge in [0.2, 0.25) is 11.8 Å². The number of rotatable bonds is 7. The van der Waals surface area contributed by atoms with E-state index in [1.807, 2.05) is 23.2 Å². The molecule has 2 saturated heterocycles. The predicted molar refractivity (Wildman–Crippen MR) is 121 cm³/mol. The highest BCUT2D eigenvalue weighted by molar-refractivity contribution is 5.85. The minimum Gasteiger partial charge on any atom is -0.336 e. The van der Waals surface area contributed by atoms with Crippen molar-refractivity contribution >= 4 is 11.8 Å². The predicted octanol–water partition coefficient (Wildman–Crippen LogP) is 3.47. The topological polar surface area (TPSA) is 56.8 Å². The zero-order valence-electron chi connectivity index (χ0n) is 18.9. The highest BCUT2D eigenvalue weighted by Gasteiger charge is 2.30. The van der Waals surface area contributed by atoms with Gasteiger partial charge in [0.15, 0.2) is 0 Å². The molecule has 0 radical (unpaired) electrons. The van der Waals surface area contributed by atoms with E-state index in [1.54, 1.807) is 11.1 Å². The van der Waals surface area contributed by atoms with E-state index >= 15 is 0 Å². The van der Waals surface area contributed by atoms with Gasteiger partial charge in [0.1, 0.15) is 0 Å². The summed E-state index contributed by atoms with van der Waals surface area (Å²) in [5.74, 6) is 0.712. The van der Waals surface area contributed by atoms with Crippen molar-refractivity contribution in [2.24, 2.45) is 5.92 Å². The van der Waals surface area contributed by atoms with Gasteiger partial charge >= 0.3 is 0 Å². The molecule has 1 aromatic rings. The van der Waals surface area contributed by atoms with Crippen LogP contribution in [-0.2, 0) is 16.1 Å². The molecule has 2 amide bonds. The molecule has 1 aliphatic carbocycles. The maximum absolute atomic E-state index is 13.3. The molecule has 0 spiro atoms. The van der Waals surface area contributed by atoms with Gasteiger partial charge in [-0.3, -0.25) is 14.6 Å². The monoisotopic (exact) mass is 426 g/mol. The Kier molecular flexibility index (Phi) is 7.95. The molecule has 6 nitrogen and oxygen atoms in total. The standard InChI is InChI=1S/C25H38N4O2/c30-24-12-4-5-14-28(24)20-25(31)29(17-21-8-6-13-26-16-21)19-22-9-7-15-27(18-22)23-10-2-1-3-11-23/h6,8,13,16,22-23H,1-5,7,9-12,14-15,17-20H2/t22-/m0/s1. The zero-order valence-corrected chi connectivity index (χ0v) is 18.9. The Hall–Kier alpha value is -1.95. The zero-order chi connectivity index (χ0) is 21.5. The normalized spacial score (nSPS) is 23.7. The first kappa shape index (κ1) is 22.3. The van der Waals surface area contributed by atoms with Crippen LogP contribution in [-0.4, -0.2) is 70.3 Å². The van der Waals surface area contributed by atoms with Gasteiger partial charge in [0.25, 0.3) is 0 Å². The summed E-state index contributed by atoms with van der Waals surface area (Å²) in [6.07, 6.45) is 15.3. The molecule has 2 aliphatic heterocycles. The Morgan fingerprint density at radius 2 is 1.94 bits per heavy atom. The van der Waals surface area contributed by atoms with Gasteiger partial charge in [-0.1, -0.05) is 25.3 Å². The molecule has 0 N–H and O–H groups in total. The number of carbonyl (C=O) groups is 2. The molecule has 31 heavy (non-hydrogen) atoms. The minimum absolute atomic E-state index is 0.0777. The molecule has 3 aliphatic rings. The molecule has 4 rings (SSSR count). The van der Waals surface area contributed by atoms with Crippen LogP contribution in [0.5, 0.6) is 0 Å². The molecule has 1 saturated carbocycles. The fraction of sp³-hybridized carbons (Fsp3) is 0.720. The van der Waals surface area contributed by atoms with Crippen molar-refractivity contribution in [3.63, 3.8) is 0 Å². The molecule has 3 fully saturated rings. The lowest BCUT2D eigenvalue weighted by atomic mass is 9.90. The number of pyridine rings is 1. The van der Waals surface area contributed by atoms with Gasteiger partial charge in [0.05, 0.1) is 6.54 Å². The maximum atomic E-state index is 13.3. The summed E-state index contributed by atoms with van der Waals surface area (Å²) in [5.41, 5.74) is 1.06. The van der Waals surface area contributed by atoms with Crippen molar-refractivity contribution < 1.29 is 9.59 Å². The van der Waals surface area contributed by atoms with Gasteiger partial charge in [-0.2, -0.15) is 0 Å². The summed E-state index contributed by atoms with van der Waals surface area (Å²) in [5, 5.41) is 0. The Balaban J connectivity index is 1.40. The van der Waals surface area contributed by atoms with Crippen LogP contribution in [0, 0.1) is 5.92 Å². The van der Waals surface area contributed by atoms with Crippen LogP contribution >= 0.6 is 0 Å². The third-order valence-corrected chi connectivity index (χ3v) is 7.32. The smallest absolute Gasteiger partial charge is 0.242 e. The lowest BCUT2D eigenvalue weighted by Crippen LogP contribution is -2.49. The fourth-order valence-corrected chi connectivity index (χ4v) is 5.59. The Bertz CT molecular complexity index is 719. The van der Waals surface area contributed by atoms with Gasteiger partial charge in [0, 0.05) is 51.0 Å². The van der Waals surface area contributed by atoms with E-state index in [9.17, 15) is 9.59 Å². The molecule has 3 heterocycles. The number of amides is 2. The molecule has 1 atom stereocenters. The average Bonchev–Trinajstić information content (AvgIpc) is 2.81. The molecule has 0 aromatic carbocycles. The Morgan fingerprint density at radius 1 is 1.06 bits per heavy atom. The third kappa shape index (κ3) is 6.28. The van der Waals surface area contributed by atoms with E-state index in [1.165, 1.54) is 51.5 Å². The van der Waals surface area contributed by atoms with Crippen molar-refractivity contribution in [2.75, 3.05) is 32.7 Å². The number of carbonyl (C=O) groups excluding carboxylic acids is 2. The molecule has 6 heteroatoms. The first-order valence-corrected chi connectivity index (χ1v) is 12.4. The number of aromatic nitrogens is 1. The lowest BCUT2D eigenvalue weighted by molar-refractivity contribution is -0.142. The van der Waals surface area contributed by atoms with Gasteiger partial charge < -0.3 is 14.7 Å². The van der Waals surface area contributed by atoms with E-state index in [2.05, 4.69) is 9.88 Å². The minimum atomic E-state index is 0.0777.